The second-order valence-electron chi connectivity index (χ2n) is 5.32. The predicted octanol–water partition coefficient (Wildman–Crippen LogP) is 1.99. The normalized spacial score (nSPS) is 19.1. The lowest BCUT2D eigenvalue weighted by molar-refractivity contribution is 0.672. The summed E-state index contributed by atoms with van der Waals surface area (Å²) >= 11 is 0. The highest BCUT2D eigenvalue weighted by Gasteiger charge is 2.29. The Bertz CT molecular complexity index is 371. The molecule has 0 spiro atoms. The van der Waals surface area contributed by atoms with E-state index < -0.39 is 0 Å². The molecule has 1 heterocycles. The van der Waals surface area contributed by atoms with Crippen LogP contribution in [-0.2, 0) is 0 Å². The number of nitrogens with zero attached hydrogens (tertiary/aromatic N) is 2. The van der Waals surface area contributed by atoms with Gasteiger partial charge in [0.1, 0.15) is 11.6 Å². The van der Waals surface area contributed by atoms with Crippen LogP contribution in [0.3, 0.4) is 0 Å². The highest BCUT2D eigenvalue weighted by molar-refractivity contribution is 5.46. The molecule has 0 radical (unpaired) electrons. The third-order valence-electron chi connectivity index (χ3n) is 3.56. The van der Waals surface area contributed by atoms with Crippen molar-refractivity contribution in [3.05, 3.63) is 18.2 Å². The van der Waals surface area contributed by atoms with Crippen LogP contribution in [0.4, 0.5) is 11.6 Å². The van der Waals surface area contributed by atoms with Gasteiger partial charge in [-0.05, 0) is 49.7 Å². The van der Waals surface area contributed by atoms with Crippen LogP contribution < -0.4 is 16.2 Å². The molecule has 2 saturated carbocycles. The summed E-state index contributed by atoms with van der Waals surface area (Å²) in [5, 5.41) is 0. The summed E-state index contributed by atoms with van der Waals surface area (Å²) in [5.41, 5.74) is 2.62. The number of hydrogen-bond acceptors (Lipinski definition) is 4. The van der Waals surface area contributed by atoms with Crippen molar-refractivity contribution in [1.82, 2.24) is 4.98 Å². The summed E-state index contributed by atoms with van der Waals surface area (Å²) in [6, 6.07) is 6.01. The predicted molar refractivity (Wildman–Crippen MR) is 69.7 cm³/mol. The molecule has 0 bridgehead atoms. The summed E-state index contributed by atoms with van der Waals surface area (Å²) in [5.74, 6) is 9.02. The summed E-state index contributed by atoms with van der Waals surface area (Å²) in [7, 11) is 0. The van der Waals surface area contributed by atoms with E-state index in [0.29, 0.717) is 0 Å². The van der Waals surface area contributed by atoms with Crippen LogP contribution in [0.25, 0.3) is 0 Å². The Labute approximate surface area is 102 Å². The van der Waals surface area contributed by atoms with Crippen molar-refractivity contribution in [1.29, 1.82) is 0 Å². The number of nitrogens with two attached hydrogens (primary N) is 1. The molecule has 0 aliphatic heterocycles. The second-order valence-corrected chi connectivity index (χ2v) is 5.32. The highest BCUT2D eigenvalue weighted by Crippen LogP contribution is 2.35. The number of pyridine rings is 1. The van der Waals surface area contributed by atoms with Crippen molar-refractivity contribution in [2.45, 2.75) is 25.7 Å². The van der Waals surface area contributed by atoms with Crippen molar-refractivity contribution in [3.63, 3.8) is 0 Å². The topological polar surface area (TPSA) is 54.2 Å². The van der Waals surface area contributed by atoms with Crippen molar-refractivity contribution in [2.75, 3.05) is 23.4 Å². The molecule has 3 rings (SSSR count). The van der Waals surface area contributed by atoms with Crippen LogP contribution in [-0.4, -0.2) is 18.1 Å². The molecule has 1 aromatic rings. The molecule has 92 valence electrons. The molecule has 4 nitrogen and oxygen atoms in total. The second kappa shape index (κ2) is 4.53. The number of hydrogen-bond donors (Lipinski definition) is 2. The standard InChI is InChI=1S/C13H20N4/c14-16-12-2-1-3-13(15-12)17(8-10-4-5-10)9-11-6-7-11/h1-3,10-11H,4-9,14H2,(H,15,16). The van der Waals surface area contributed by atoms with Gasteiger partial charge in [-0.15, -0.1) is 0 Å². The Balaban J connectivity index is 1.73. The van der Waals surface area contributed by atoms with Gasteiger partial charge in [0, 0.05) is 13.1 Å². The van der Waals surface area contributed by atoms with E-state index in [9.17, 15) is 0 Å². The quantitative estimate of drug-likeness (QED) is 0.582. The number of nitrogen functional groups attached to an aromatic ring is 1. The number of aromatic nitrogens is 1. The zero-order chi connectivity index (χ0) is 11.7. The van der Waals surface area contributed by atoms with Crippen molar-refractivity contribution in [2.24, 2.45) is 17.7 Å². The first-order chi connectivity index (χ1) is 8.35. The highest BCUT2D eigenvalue weighted by atomic mass is 15.3. The van der Waals surface area contributed by atoms with Crippen molar-refractivity contribution in [3.8, 4) is 0 Å². The molecule has 2 fully saturated rings. The zero-order valence-corrected chi connectivity index (χ0v) is 10.1. The minimum Gasteiger partial charge on any atom is -0.356 e. The van der Waals surface area contributed by atoms with Crippen LogP contribution in [0, 0.1) is 11.8 Å². The first kappa shape index (κ1) is 10.8. The fourth-order valence-electron chi connectivity index (χ4n) is 2.17. The Morgan fingerprint density at radius 3 is 2.35 bits per heavy atom. The van der Waals surface area contributed by atoms with E-state index in [1.807, 2.05) is 12.1 Å². The van der Waals surface area contributed by atoms with Crippen molar-refractivity contribution < 1.29 is 0 Å². The minimum absolute atomic E-state index is 0.749. The molecule has 0 saturated heterocycles. The lowest BCUT2D eigenvalue weighted by Gasteiger charge is -2.24. The van der Waals surface area contributed by atoms with Crippen molar-refractivity contribution >= 4 is 11.6 Å². The average molecular weight is 232 g/mol. The number of rotatable bonds is 6. The van der Waals surface area contributed by atoms with E-state index in [0.717, 1.165) is 36.6 Å². The van der Waals surface area contributed by atoms with E-state index >= 15 is 0 Å². The molecule has 3 N–H and O–H groups in total. The fraction of sp³-hybridized carbons (Fsp3) is 0.615. The molecule has 17 heavy (non-hydrogen) atoms. The average Bonchev–Trinajstić information content (AvgIpc) is 3.23. The fourth-order valence-corrected chi connectivity index (χ4v) is 2.17. The van der Waals surface area contributed by atoms with Crippen LogP contribution >= 0.6 is 0 Å². The van der Waals surface area contributed by atoms with E-state index in [-0.39, 0.29) is 0 Å². The van der Waals surface area contributed by atoms with Gasteiger partial charge in [0.15, 0.2) is 0 Å². The van der Waals surface area contributed by atoms with E-state index in [1.165, 1.54) is 25.7 Å². The molecular weight excluding hydrogens is 212 g/mol. The molecular formula is C13H20N4. The molecule has 0 aromatic carbocycles. The van der Waals surface area contributed by atoms with E-state index in [1.54, 1.807) is 0 Å². The summed E-state index contributed by atoms with van der Waals surface area (Å²) in [6.07, 6.45) is 5.54. The van der Waals surface area contributed by atoms with Crippen LogP contribution in [0.5, 0.6) is 0 Å². The molecule has 1 aromatic heterocycles. The van der Waals surface area contributed by atoms with Gasteiger partial charge in [0.25, 0.3) is 0 Å². The summed E-state index contributed by atoms with van der Waals surface area (Å²) in [6.45, 7) is 2.33. The van der Waals surface area contributed by atoms with Crippen LogP contribution in [0.2, 0.25) is 0 Å². The largest absolute Gasteiger partial charge is 0.356 e. The first-order valence-electron chi connectivity index (χ1n) is 6.54. The van der Waals surface area contributed by atoms with Gasteiger partial charge >= 0.3 is 0 Å². The Hall–Kier alpha value is -1.29. The van der Waals surface area contributed by atoms with Crippen LogP contribution in [0.15, 0.2) is 18.2 Å². The Morgan fingerprint density at radius 2 is 1.82 bits per heavy atom. The Kier molecular flexibility index (Phi) is 2.89. The summed E-state index contributed by atoms with van der Waals surface area (Å²) in [4.78, 5) is 6.98. The summed E-state index contributed by atoms with van der Waals surface area (Å²) < 4.78 is 0. The van der Waals surface area contributed by atoms with Gasteiger partial charge in [0.2, 0.25) is 0 Å². The third-order valence-corrected chi connectivity index (χ3v) is 3.56. The minimum atomic E-state index is 0.749. The maximum Gasteiger partial charge on any atom is 0.142 e. The molecule has 4 heteroatoms. The lowest BCUT2D eigenvalue weighted by atomic mass is 10.3. The number of hydrazine groups is 1. The van der Waals surface area contributed by atoms with Gasteiger partial charge < -0.3 is 10.3 Å². The third kappa shape index (κ3) is 2.88. The maximum atomic E-state index is 5.42. The molecule has 2 aliphatic rings. The molecule has 2 aliphatic carbocycles. The van der Waals surface area contributed by atoms with Gasteiger partial charge in [-0.3, -0.25) is 0 Å². The van der Waals surface area contributed by atoms with Crippen LogP contribution in [0.1, 0.15) is 25.7 Å². The zero-order valence-electron chi connectivity index (χ0n) is 10.1. The molecule has 0 amide bonds. The van der Waals surface area contributed by atoms with E-state index in [4.69, 9.17) is 5.84 Å². The smallest absolute Gasteiger partial charge is 0.142 e. The molecule has 0 atom stereocenters. The van der Waals surface area contributed by atoms with Gasteiger partial charge in [-0.25, -0.2) is 10.8 Å². The lowest BCUT2D eigenvalue weighted by Crippen LogP contribution is -2.29. The number of nitrogens with one attached hydrogen (secondary N) is 1. The van der Waals surface area contributed by atoms with Gasteiger partial charge in [-0.1, -0.05) is 6.07 Å². The SMILES string of the molecule is NNc1cccc(N(CC2CC2)CC2CC2)n1. The first-order valence-corrected chi connectivity index (χ1v) is 6.54. The van der Waals surface area contributed by atoms with Gasteiger partial charge in [-0.2, -0.15) is 0 Å². The monoisotopic (exact) mass is 232 g/mol. The Morgan fingerprint density at radius 1 is 1.18 bits per heavy atom. The van der Waals surface area contributed by atoms with Gasteiger partial charge in [0.05, 0.1) is 0 Å². The number of anilines is 2. The molecule has 0 unspecified atom stereocenters. The van der Waals surface area contributed by atoms with E-state index in [2.05, 4.69) is 21.4 Å². The maximum absolute atomic E-state index is 5.42.